The lowest BCUT2D eigenvalue weighted by atomic mass is 9.99. The third kappa shape index (κ3) is 3.42. The van der Waals surface area contributed by atoms with Gasteiger partial charge in [-0.25, -0.2) is 14.6 Å². The quantitative estimate of drug-likeness (QED) is 0.710. The van der Waals surface area contributed by atoms with Gasteiger partial charge in [0.1, 0.15) is 18.5 Å². The smallest absolute Gasteiger partial charge is 0.140 e. The van der Waals surface area contributed by atoms with Crippen LogP contribution < -0.4 is 0 Å². The summed E-state index contributed by atoms with van der Waals surface area (Å²) in [4.78, 5) is 11.1. The van der Waals surface area contributed by atoms with Crippen molar-refractivity contribution >= 4 is 0 Å². The number of nitrogens with zero attached hydrogens (tertiary/aromatic N) is 6. The van der Waals surface area contributed by atoms with Gasteiger partial charge in [0.2, 0.25) is 0 Å². The monoisotopic (exact) mass is 350 g/mol. The van der Waals surface area contributed by atoms with Gasteiger partial charge in [0.05, 0.1) is 6.54 Å². The van der Waals surface area contributed by atoms with E-state index in [1.807, 2.05) is 10.9 Å². The lowest BCUT2D eigenvalue weighted by Crippen LogP contribution is -2.17. The SMILES string of the molecule is Cc1cc(C)c(-c2nccn2C[C@@H]2CCN(C)C2)cc1Cn1cncn1. The molecule has 136 valence electrons. The molecule has 2 aromatic heterocycles. The van der Waals surface area contributed by atoms with Crippen molar-refractivity contribution in [3.63, 3.8) is 0 Å². The van der Waals surface area contributed by atoms with Crippen LogP contribution in [0.15, 0.2) is 37.2 Å². The van der Waals surface area contributed by atoms with E-state index in [0.29, 0.717) is 5.92 Å². The third-order valence-electron chi connectivity index (χ3n) is 5.38. The average molecular weight is 350 g/mol. The van der Waals surface area contributed by atoms with E-state index in [1.165, 1.54) is 41.8 Å². The van der Waals surface area contributed by atoms with E-state index in [2.05, 4.69) is 58.8 Å². The number of hydrogen-bond donors (Lipinski definition) is 0. The molecule has 6 heteroatoms. The van der Waals surface area contributed by atoms with Gasteiger partial charge in [0.15, 0.2) is 0 Å². The summed E-state index contributed by atoms with van der Waals surface area (Å²) < 4.78 is 4.18. The number of imidazole rings is 1. The van der Waals surface area contributed by atoms with Crippen LogP contribution in [0.5, 0.6) is 0 Å². The Morgan fingerprint density at radius 1 is 1.19 bits per heavy atom. The van der Waals surface area contributed by atoms with Crippen LogP contribution in [0.25, 0.3) is 11.4 Å². The molecule has 1 aliphatic heterocycles. The first-order valence-corrected chi connectivity index (χ1v) is 9.22. The summed E-state index contributed by atoms with van der Waals surface area (Å²) in [5.74, 6) is 1.77. The molecule has 0 spiro atoms. The zero-order valence-corrected chi connectivity index (χ0v) is 15.8. The molecule has 0 unspecified atom stereocenters. The standard InChI is InChI=1S/C20H26N6/c1-15-8-16(2)19(9-18(15)12-26-14-21-13-23-26)20-22-5-7-25(20)11-17-4-6-24(3)10-17/h5,7-9,13-14,17H,4,6,10-12H2,1-3H3/t17-/m1/s1. The molecule has 0 aliphatic carbocycles. The second-order valence-electron chi connectivity index (χ2n) is 7.51. The minimum Gasteiger partial charge on any atom is -0.331 e. The Hall–Kier alpha value is -2.47. The first-order chi connectivity index (χ1) is 12.6. The van der Waals surface area contributed by atoms with E-state index < -0.39 is 0 Å². The number of benzene rings is 1. The van der Waals surface area contributed by atoms with Gasteiger partial charge in [-0.1, -0.05) is 6.07 Å². The van der Waals surface area contributed by atoms with E-state index in [0.717, 1.165) is 18.9 Å². The predicted octanol–water partition coefficient (Wildman–Crippen LogP) is 2.76. The van der Waals surface area contributed by atoms with Gasteiger partial charge < -0.3 is 9.47 Å². The predicted molar refractivity (Wildman–Crippen MR) is 102 cm³/mol. The lowest BCUT2D eigenvalue weighted by molar-refractivity contribution is 0.378. The Balaban J connectivity index is 1.64. The van der Waals surface area contributed by atoms with Crippen LogP contribution in [0.1, 0.15) is 23.1 Å². The average Bonchev–Trinajstić information content (AvgIpc) is 3.34. The number of aryl methyl sites for hydroxylation is 2. The highest BCUT2D eigenvalue weighted by atomic mass is 15.3. The number of hydrogen-bond acceptors (Lipinski definition) is 4. The van der Waals surface area contributed by atoms with E-state index in [9.17, 15) is 0 Å². The van der Waals surface area contributed by atoms with Crippen molar-refractivity contribution in [3.8, 4) is 11.4 Å². The Morgan fingerprint density at radius 3 is 2.81 bits per heavy atom. The maximum atomic E-state index is 4.69. The van der Waals surface area contributed by atoms with Gasteiger partial charge in [-0.15, -0.1) is 0 Å². The van der Waals surface area contributed by atoms with E-state index in [1.54, 1.807) is 12.7 Å². The van der Waals surface area contributed by atoms with Gasteiger partial charge in [-0.05, 0) is 62.5 Å². The molecule has 0 radical (unpaired) electrons. The van der Waals surface area contributed by atoms with Crippen LogP contribution in [-0.2, 0) is 13.1 Å². The fourth-order valence-corrected chi connectivity index (χ4v) is 3.95. The van der Waals surface area contributed by atoms with E-state index >= 15 is 0 Å². The van der Waals surface area contributed by atoms with Crippen LogP contribution in [0.2, 0.25) is 0 Å². The molecule has 26 heavy (non-hydrogen) atoms. The van der Waals surface area contributed by atoms with Crippen molar-refractivity contribution in [2.75, 3.05) is 20.1 Å². The van der Waals surface area contributed by atoms with Gasteiger partial charge >= 0.3 is 0 Å². The van der Waals surface area contributed by atoms with Gasteiger partial charge in [0, 0.05) is 31.0 Å². The zero-order chi connectivity index (χ0) is 18.1. The minimum atomic E-state index is 0.702. The molecule has 0 saturated carbocycles. The maximum absolute atomic E-state index is 4.69. The number of aromatic nitrogens is 5. The number of likely N-dealkylation sites (tertiary alicyclic amines) is 1. The molecule has 1 atom stereocenters. The van der Waals surface area contributed by atoms with Crippen LogP contribution in [-0.4, -0.2) is 49.4 Å². The molecule has 0 amide bonds. The fraction of sp³-hybridized carbons (Fsp3) is 0.450. The molecule has 4 rings (SSSR count). The Labute approximate surface area is 154 Å². The van der Waals surface area contributed by atoms with Crippen LogP contribution in [0.3, 0.4) is 0 Å². The highest BCUT2D eigenvalue weighted by Crippen LogP contribution is 2.27. The van der Waals surface area contributed by atoms with Crippen molar-refractivity contribution in [2.45, 2.75) is 33.4 Å². The summed E-state index contributed by atoms with van der Waals surface area (Å²) in [7, 11) is 2.20. The summed E-state index contributed by atoms with van der Waals surface area (Å²) in [6.45, 7) is 8.45. The molecule has 1 fully saturated rings. The summed E-state index contributed by atoms with van der Waals surface area (Å²) in [6.07, 6.45) is 8.64. The van der Waals surface area contributed by atoms with Crippen molar-refractivity contribution in [2.24, 2.45) is 5.92 Å². The molecule has 0 N–H and O–H groups in total. The molecule has 1 aliphatic rings. The Kier molecular flexibility index (Phi) is 4.59. The minimum absolute atomic E-state index is 0.702. The molecule has 6 nitrogen and oxygen atoms in total. The highest BCUT2D eigenvalue weighted by molar-refractivity contribution is 5.63. The highest BCUT2D eigenvalue weighted by Gasteiger charge is 2.21. The van der Waals surface area contributed by atoms with E-state index in [-0.39, 0.29) is 0 Å². The summed E-state index contributed by atoms with van der Waals surface area (Å²) in [5.41, 5.74) is 5.01. The van der Waals surface area contributed by atoms with Gasteiger partial charge in [-0.3, -0.25) is 0 Å². The first kappa shape index (κ1) is 17.0. The number of rotatable bonds is 5. The Morgan fingerprint density at radius 2 is 2.08 bits per heavy atom. The molecular weight excluding hydrogens is 324 g/mol. The van der Waals surface area contributed by atoms with Gasteiger partial charge in [0.25, 0.3) is 0 Å². The van der Waals surface area contributed by atoms with E-state index in [4.69, 9.17) is 4.98 Å². The summed E-state index contributed by atoms with van der Waals surface area (Å²) in [6, 6.07) is 4.52. The maximum Gasteiger partial charge on any atom is 0.140 e. The van der Waals surface area contributed by atoms with Crippen molar-refractivity contribution in [3.05, 3.63) is 53.9 Å². The molecule has 3 heterocycles. The summed E-state index contributed by atoms with van der Waals surface area (Å²) in [5, 5.41) is 4.24. The fourth-order valence-electron chi connectivity index (χ4n) is 3.95. The van der Waals surface area contributed by atoms with Crippen LogP contribution in [0, 0.1) is 19.8 Å². The molecule has 1 aromatic carbocycles. The van der Waals surface area contributed by atoms with Crippen molar-refractivity contribution in [1.29, 1.82) is 0 Å². The second-order valence-corrected chi connectivity index (χ2v) is 7.51. The lowest BCUT2D eigenvalue weighted by Gasteiger charge is -2.16. The van der Waals surface area contributed by atoms with Gasteiger partial charge in [-0.2, -0.15) is 5.10 Å². The molecule has 0 bridgehead atoms. The van der Waals surface area contributed by atoms with Crippen molar-refractivity contribution in [1.82, 2.24) is 29.2 Å². The zero-order valence-electron chi connectivity index (χ0n) is 15.8. The molecule has 1 saturated heterocycles. The van der Waals surface area contributed by atoms with Crippen LogP contribution in [0.4, 0.5) is 0 Å². The van der Waals surface area contributed by atoms with Crippen LogP contribution >= 0.6 is 0 Å². The molecular formula is C20H26N6. The molecule has 3 aromatic rings. The summed E-state index contributed by atoms with van der Waals surface area (Å²) >= 11 is 0. The van der Waals surface area contributed by atoms with Crippen molar-refractivity contribution < 1.29 is 0 Å². The Bertz CT molecular complexity index is 880. The topological polar surface area (TPSA) is 51.8 Å². The normalized spacial score (nSPS) is 17.9. The largest absolute Gasteiger partial charge is 0.331 e. The second kappa shape index (κ2) is 7.03. The first-order valence-electron chi connectivity index (χ1n) is 9.22. The third-order valence-corrected chi connectivity index (χ3v) is 5.38.